The maximum atomic E-state index is 13.0. The second-order valence-corrected chi connectivity index (χ2v) is 7.22. The summed E-state index contributed by atoms with van der Waals surface area (Å²) in [6.07, 6.45) is 3.13. The van der Waals surface area contributed by atoms with E-state index < -0.39 is 0 Å². The van der Waals surface area contributed by atoms with Crippen molar-refractivity contribution in [1.82, 2.24) is 14.5 Å². The Morgan fingerprint density at radius 1 is 1.14 bits per heavy atom. The molecule has 0 unspecified atom stereocenters. The van der Waals surface area contributed by atoms with Crippen molar-refractivity contribution < 1.29 is 9.53 Å². The Bertz CT molecular complexity index is 1080. The van der Waals surface area contributed by atoms with Gasteiger partial charge in [-0.15, -0.1) is 0 Å². The molecule has 1 aromatic carbocycles. The average Bonchev–Trinajstić information content (AvgIpc) is 2.71. The van der Waals surface area contributed by atoms with Crippen LogP contribution in [0.25, 0.3) is 10.8 Å². The summed E-state index contributed by atoms with van der Waals surface area (Å²) in [6.45, 7) is 3.10. The van der Waals surface area contributed by atoms with Gasteiger partial charge < -0.3 is 14.2 Å². The molecule has 6 nitrogen and oxygen atoms in total. The fraction of sp³-hybridized carbons (Fsp3) is 0.318. The summed E-state index contributed by atoms with van der Waals surface area (Å²) in [6, 6.07) is 13.1. The molecule has 0 radical (unpaired) electrons. The van der Waals surface area contributed by atoms with Crippen LogP contribution in [0.15, 0.2) is 53.5 Å². The van der Waals surface area contributed by atoms with Crippen LogP contribution in [0, 0.1) is 6.92 Å². The number of likely N-dealkylation sites (tertiary alicyclic amines) is 1. The van der Waals surface area contributed by atoms with E-state index in [2.05, 4.69) is 4.98 Å². The van der Waals surface area contributed by atoms with Crippen LogP contribution in [-0.2, 0) is 7.05 Å². The van der Waals surface area contributed by atoms with Crippen LogP contribution < -0.4 is 10.3 Å². The number of aromatic nitrogens is 2. The van der Waals surface area contributed by atoms with Gasteiger partial charge in [-0.1, -0.05) is 24.3 Å². The molecule has 0 N–H and O–H groups in total. The summed E-state index contributed by atoms with van der Waals surface area (Å²) in [7, 11) is 1.74. The minimum atomic E-state index is -0.0790. The number of pyridine rings is 2. The predicted molar refractivity (Wildman–Crippen MR) is 108 cm³/mol. The Hall–Kier alpha value is -3.15. The fourth-order valence-electron chi connectivity index (χ4n) is 3.61. The zero-order valence-corrected chi connectivity index (χ0v) is 16.1. The van der Waals surface area contributed by atoms with Gasteiger partial charge in [0, 0.05) is 56.3 Å². The number of piperidine rings is 1. The normalized spacial score (nSPS) is 15.0. The molecule has 0 aliphatic carbocycles. The molecular weight excluding hydrogens is 354 g/mol. The summed E-state index contributed by atoms with van der Waals surface area (Å²) in [4.78, 5) is 31.1. The van der Waals surface area contributed by atoms with Crippen LogP contribution in [0.3, 0.4) is 0 Å². The number of amides is 1. The third kappa shape index (κ3) is 3.50. The number of ether oxygens (including phenoxy) is 1. The first kappa shape index (κ1) is 18.2. The molecular formula is C22H23N3O3. The van der Waals surface area contributed by atoms with Gasteiger partial charge >= 0.3 is 0 Å². The lowest BCUT2D eigenvalue weighted by Gasteiger charge is -2.32. The first-order valence-electron chi connectivity index (χ1n) is 9.50. The Labute approximate surface area is 163 Å². The lowest BCUT2D eigenvalue weighted by molar-refractivity contribution is 0.0591. The second kappa shape index (κ2) is 7.46. The van der Waals surface area contributed by atoms with Gasteiger partial charge in [0.15, 0.2) is 0 Å². The Morgan fingerprint density at radius 3 is 2.64 bits per heavy atom. The second-order valence-electron chi connectivity index (χ2n) is 7.22. The summed E-state index contributed by atoms with van der Waals surface area (Å²) in [5.41, 5.74) is 1.28. The number of benzene rings is 1. The maximum absolute atomic E-state index is 13.0. The minimum absolute atomic E-state index is 0.00367. The van der Waals surface area contributed by atoms with Gasteiger partial charge in [-0.05, 0) is 24.4 Å². The van der Waals surface area contributed by atoms with Crippen LogP contribution in [0.4, 0.5) is 0 Å². The molecule has 28 heavy (non-hydrogen) atoms. The molecule has 3 aromatic rings. The van der Waals surface area contributed by atoms with E-state index in [1.807, 2.05) is 48.2 Å². The molecule has 0 bridgehead atoms. The summed E-state index contributed by atoms with van der Waals surface area (Å²) < 4.78 is 7.60. The molecule has 1 amide bonds. The van der Waals surface area contributed by atoms with Crippen LogP contribution in [0.1, 0.15) is 29.0 Å². The van der Waals surface area contributed by atoms with Crippen molar-refractivity contribution in [2.45, 2.75) is 25.9 Å². The van der Waals surface area contributed by atoms with Crippen molar-refractivity contribution in [3.63, 3.8) is 0 Å². The standard InChI is InChI=1S/C22H23N3O3/c1-15-13-18(14-20(26)24(15)2)28-17-8-11-25(12-9-17)22(27)21-19-6-4-3-5-16(19)7-10-23-21/h3-7,10,13-14,17H,8-9,11-12H2,1-2H3. The zero-order chi connectivity index (χ0) is 19.7. The molecule has 4 rings (SSSR count). The van der Waals surface area contributed by atoms with Crippen LogP contribution in [-0.4, -0.2) is 39.6 Å². The SMILES string of the molecule is Cc1cc(OC2CCN(C(=O)c3nccc4ccccc34)CC2)cc(=O)n1C. The van der Waals surface area contributed by atoms with Crippen molar-refractivity contribution in [2.75, 3.05) is 13.1 Å². The third-order valence-corrected chi connectivity index (χ3v) is 5.38. The molecule has 1 aliphatic rings. The Balaban J connectivity index is 1.44. The monoisotopic (exact) mass is 377 g/mol. The van der Waals surface area contributed by atoms with Crippen LogP contribution in [0.5, 0.6) is 5.75 Å². The van der Waals surface area contributed by atoms with Gasteiger partial charge in [-0.2, -0.15) is 0 Å². The number of carbonyl (C=O) groups excluding carboxylic acids is 1. The van der Waals surface area contributed by atoms with Gasteiger partial charge in [0.05, 0.1) is 0 Å². The summed E-state index contributed by atoms with van der Waals surface area (Å²) in [5, 5.41) is 1.89. The smallest absolute Gasteiger partial charge is 0.273 e. The van der Waals surface area contributed by atoms with Gasteiger partial charge in [0.2, 0.25) is 0 Å². The van der Waals surface area contributed by atoms with Crippen LogP contribution in [0.2, 0.25) is 0 Å². The molecule has 1 fully saturated rings. The van der Waals surface area contributed by atoms with E-state index in [0.29, 0.717) is 24.5 Å². The quantitative estimate of drug-likeness (QED) is 0.704. The van der Waals surface area contributed by atoms with E-state index in [0.717, 1.165) is 29.3 Å². The number of rotatable bonds is 3. The fourth-order valence-corrected chi connectivity index (χ4v) is 3.61. The number of hydrogen-bond acceptors (Lipinski definition) is 4. The molecule has 0 saturated carbocycles. The molecule has 144 valence electrons. The highest BCUT2D eigenvalue weighted by molar-refractivity contribution is 6.05. The molecule has 0 spiro atoms. The van der Waals surface area contributed by atoms with Gasteiger partial charge in [-0.3, -0.25) is 14.6 Å². The van der Waals surface area contributed by atoms with Crippen LogP contribution >= 0.6 is 0 Å². The van der Waals surface area contributed by atoms with Crippen molar-refractivity contribution in [2.24, 2.45) is 7.05 Å². The molecule has 1 saturated heterocycles. The number of aryl methyl sites for hydroxylation is 1. The largest absolute Gasteiger partial charge is 0.490 e. The summed E-state index contributed by atoms with van der Waals surface area (Å²) >= 11 is 0. The first-order valence-corrected chi connectivity index (χ1v) is 9.50. The van der Waals surface area contributed by atoms with Crippen molar-refractivity contribution in [3.05, 3.63) is 70.4 Å². The highest BCUT2D eigenvalue weighted by Gasteiger charge is 2.26. The molecule has 1 aliphatic heterocycles. The molecule has 6 heteroatoms. The van der Waals surface area contributed by atoms with Gasteiger partial charge in [0.25, 0.3) is 11.5 Å². The topological polar surface area (TPSA) is 64.4 Å². The lowest BCUT2D eigenvalue weighted by Crippen LogP contribution is -2.42. The highest BCUT2D eigenvalue weighted by Crippen LogP contribution is 2.22. The Morgan fingerprint density at radius 2 is 1.89 bits per heavy atom. The lowest BCUT2D eigenvalue weighted by atomic mass is 10.1. The zero-order valence-electron chi connectivity index (χ0n) is 16.1. The molecule has 2 aromatic heterocycles. The van der Waals surface area contributed by atoms with E-state index >= 15 is 0 Å². The van der Waals surface area contributed by atoms with Gasteiger partial charge in [-0.25, -0.2) is 0 Å². The number of hydrogen-bond donors (Lipinski definition) is 0. The highest BCUT2D eigenvalue weighted by atomic mass is 16.5. The minimum Gasteiger partial charge on any atom is -0.490 e. The average molecular weight is 377 g/mol. The first-order chi connectivity index (χ1) is 13.5. The Kier molecular flexibility index (Phi) is 4.86. The van der Waals surface area contributed by atoms with Crippen molar-refractivity contribution >= 4 is 16.7 Å². The predicted octanol–water partition coefficient (Wildman–Crippen LogP) is 2.93. The number of fused-ring (bicyclic) bond motifs is 1. The van der Waals surface area contributed by atoms with Crippen molar-refractivity contribution in [3.8, 4) is 5.75 Å². The van der Waals surface area contributed by atoms with E-state index in [4.69, 9.17) is 4.74 Å². The summed E-state index contributed by atoms with van der Waals surface area (Å²) in [5.74, 6) is 0.556. The van der Waals surface area contributed by atoms with E-state index in [1.165, 1.54) is 6.07 Å². The number of nitrogens with zero attached hydrogens (tertiary/aromatic N) is 3. The molecule has 3 heterocycles. The van der Waals surface area contributed by atoms with E-state index in [9.17, 15) is 9.59 Å². The van der Waals surface area contributed by atoms with Gasteiger partial charge in [0.1, 0.15) is 17.5 Å². The third-order valence-electron chi connectivity index (χ3n) is 5.38. The van der Waals surface area contributed by atoms with Crippen molar-refractivity contribution in [1.29, 1.82) is 0 Å². The number of carbonyl (C=O) groups is 1. The van der Waals surface area contributed by atoms with E-state index in [-0.39, 0.29) is 17.6 Å². The van der Waals surface area contributed by atoms with E-state index in [1.54, 1.807) is 17.8 Å². The molecule has 0 atom stereocenters. The maximum Gasteiger partial charge on any atom is 0.273 e.